The Bertz CT molecular complexity index is 286. The molecule has 13 heavy (non-hydrogen) atoms. The molecular formula is C10H14FNS. The minimum atomic E-state index is -0.268. The average molecular weight is 199 g/mol. The first-order valence-corrected chi connectivity index (χ1v) is 5.30. The van der Waals surface area contributed by atoms with Gasteiger partial charge in [-0.25, -0.2) is 4.39 Å². The summed E-state index contributed by atoms with van der Waals surface area (Å²) in [5.41, 5.74) is 7.22. The molecule has 0 bridgehead atoms. The zero-order chi connectivity index (χ0) is 9.84. The molecule has 0 heterocycles. The van der Waals surface area contributed by atoms with Crippen molar-refractivity contribution in [2.45, 2.75) is 24.9 Å². The van der Waals surface area contributed by atoms with Crippen LogP contribution >= 0.6 is 11.8 Å². The van der Waals surface area contributed by atoms with E-state index in [1.165, 1.54) is 12.1 Å². The van der Waals surface area contributed by atoms with Crippen LogP contribution in [-0.4, -0.2) is 5.25 Å². The highest BCUT2D eigenvalue weighted by molar-refractivity contribution is 7.99. The van der Waals surface area contributed by atoms with Crippen LogP contribution in [0, 0.1) is 5.82 Å². The lowest BCUT2D eigenvalue weighted by Crippen LogP contribution is -1.95. The lowest BCUT2D eigenvalue weighted by Gasteiger charge is -2.07. The number of hydrogen-bond acceptors (Lipinski definition) is 2. The molecule has 0 fully saturated rings. The molecule has 0 unspecified atom stereocenters. The monoisotopic (exact) mass is 199 g/mol. The van der Waals surface area contributed by atoms with Crippen molar-refractivity contribution < 1.29 is 4.39 Å². The van der Waals surface area contributed by atoms with Crippen molar-refractivity contribution in [3.05, 3.63) is 29.6 Å². The second-order valence-electron chi connectivity index (χ2n) is 3.20. The van der Waals surface area contributed by atoms with Gasteiger partial charge < -0.3 is 5.73 Å². The highest BCUT2D eigenvalue weighted by Gasteiger charge is 2.02. The number of halogens is 1. The molecule has 0 amide bonds. The third-order valence-electron chi connectivity index (χ3n) is 1.68. The molecule has 1 aromatic rings. The van der Waals surface area contributed by atoms with Gasteiger partial charge in [0.05, 0.1) is 0 Å². The van der Waals surface area contributed by atoms with Crippen LogP contribution in [0.15, 0.2) is 18.2 Å². The van der Waals surface area contributed by atoms with E-state index in [4.69, 9.17) is 5.73 Å². The maximum Gasteiger partial charge on any atom is 0.125 e. The van der Waals surface area contributed by atoms with Crippen LogP contribution in [0.3, 0.4) is 0 Å². The Hall–Kier alpha value is -0.700. The van der Waals surface area contributed by atoms with E-state index in [1.54, 1.807) is 17.8 Å². The number of anilines is 1. The van der Waals surface area contributed by atoms with E-state index in [1.807, 2.05) is 0 Å². The molecule has 0 atom stereocenters. The summed E-state index contributed by atoms with van der Waals surface area (Å²) in [6.07, 6.45) is 0. The molecule has 72 valence electrons. The number of nitrogens with two attached hydrogens (primary N) is 1. The fraction of sp³-hybridized carbons (Fsp3) is 0.400. The van der Waals surface area contributed by atoms with Gasteiger partial charge in [0.2, 0.25) is 0 Å². The SMILES string of the molecule is CC(C)SCc1ccc(F)cc1N. The van der Waals surface area contributed by atoms with Crippen molar-refractivity contribution in [1.82, 2.24) is 0 Å². The van der Waals surface area contributed by atoms with Crippen LogP contribution in [-0.2, 0) is 5.75 Å². The number of benzene rings is 1. The van der Waals surface area contributed by atoms with Crippen LogP contribution < -0.4 is 5.73 Å². The van der Waals surface area contributed by atoms with Gasteiger partial charge in [-0.1, -0.05) is 19.9 Å². The molecule has 0 saturated carbocycles. The molecule has 0 saturated heterocycles. The van der Waals surface area contributed by atoms with Crippen LogP contribution in [0.2, 0.25) is 0 Å². The molecule has 0 radical (unpaired) electrons. The van der Waals surface area contributed by atoms with E-state index < -0.39 is 0 Å². The van der Waals surface area contributed by atoms with Crippen molar-refractivity contribution in [3.63, 3.8) is 0 Å². The predicted octanol–water partition coefficient (Wildman–Crippen LogP) is 3.05. The topological polar surface area (TPSA) is 26.0 Å². The molecule has 0 aromatic heterocycles. The third kappa shape index (κ3) is 3.27. The van der Waals surface area contributed by atoms with Gasteiger partial charge in [-0.2, -0.15) is 11.8 Å². The smallest absolute Gasteiger partial charge is 0.125 e. The zero-order valence-electron chi connectivity index (χ0n) is 7.88. The number of hydrogen-bond donors (Lipinski definition) is 1. The van der Waals surface area contributed by atoms with Gasteiger partial charge in [0.15, 0.2) is 0 Å². The van der Waals surface area contributed by atoms with E-state index in [-0.39, 0.29) is 5.82 Å². The Morgan fingerprint density at radius 1 is 1.46 bits per heavy atom. The van der Waals surface area contributed by atoms with E-state index in [0.29, 0.717) is 10.9 Å². The fourth-order valence-electron chi connectivity index (χ4n) is 0.954. The minimum Gasteiger partial charge on any atom is -0.398 e. The lowest BCUT2D eigenvalue weighted by atomic mass is 10.2. The summed E-state index contributed by atoms with van der Waals surface area (Å²) in [5.74, 6) is 0.583. The van der Waals surface area contributed by atoms with Crippen molar-refractivity contribution in [1.29, 1.82) is 0 Å². The highest BCUT2D eigenvalue weighted by atomic mass is 32.2. The van der Waals surface area contributed by atoms with Crippen LogP contribution in [0.5, 0.6) is 0 Å². The summed E-state index contributed by atoms with van der Waals surface area (Å²) >= 11 is 1.80. The molecule has 1 nitrogen and oxygen atoms in total. The summed E-state index contributed by atoms with van der Waals surface area (Å²) in [4.78, 5) is 0. The first-order valence-electron chi connectivity index (χ1n) is 4.25. The summed E-state index contributed by atoms with van der Waals surface area (Å²) in [7, 11) is 0. The van der Waals surface area contributed by atoms with E-state index in [0.717, 1.165) is 11.3 Å². The summed E-state index contributed by atoms with van der Waals surface area (Å²) < 4.78 is 12.7. The number of thioether (sulfide) groups is 1. The first kappa shape index (κ1) is 10.4. The predicted molar refractivity (Wildman–Crippen MR) is 57.2 cm³/mol. The van der Waals surface area contributed by atoms with Crippen molar-refractivity contribution >= 4 is 17.4 Å². The second kappa shape index (κ2) is 4.51. The maximum atomic E-state index is 12.7. The van der Waals surface area contributed by atoms with Crippen molar-refractivity contribution in [3.8, 4) is 0 Å². The van der Waals surface area contributed by atoms with Crippen molar-refractivity contribution in [2.75, 3.05) is 5.73 Å². The molecule has 0 aliphatic rings. The summed E-state index contributed by atoms with van der Waals surface area (Å²) in [5, 5.41) is 0.574. The van der Waals surface area contributed by atoms with Crippen LogP contribution in [0.1, 0.15) is 19.4 Å². The lowest BCUT2D eigenvalue weighted by molar-refractivity contribution is 0.628. The molecule has 0 aliphatic carbocycles. The minimum absolute atomic E-state index is 0.268. The Kier molecular flexibility index (Phi) is 3.60. The van der Waals surface area contributed by atoms with Gasteiger partial charge in [-0.15, -0.1) is 0 Å². The zero-order valence-corrected chi connectivity index (χ0v) is 8.70. The number of nitrogen functional groups attached to an aromatic ring is 1. The fourth-order valence-corrected chi connectivity index (χ4v) is 1.73. The summed E-state index contributed by atoms with van der Waals surface area (Å²) in [6.45, 7) is 4.26. The molecule has 1 rings (SSSR count). The van der Waals surface area contributed by atoms with Crippen LogP contribution in [0.4, 0.5) is 10.1 Å². The molecule has 2 N–H and O–H groups in total. The Balaban J connectivity index is 2.67. The maximum absolute atomic E-state index is 12.7. The van der Waals surface area contributed by atoms with Gasteiger partial charge in [0.1, 0.15) is 5.82 Å². The Morgan fingerprint density at radius 3 is 2.69 bits per heavy atom. The first-order chi connectivity index (χ1) is 6.09. The molecule has 3 heteroatoms. The van der Waals surface area contributed by atoms with E-state index >= 15 is 0 Å². The van der Waals surface area contributed by atoms with Crippen molar-refractivity contribution in [2.24, 2.45) is 0 Å². The molecule has 0 spiro atoms. The van der Waals surface area contributed by atoms with E-state index in [9.17, 15) is 4.39 Å². The third-order valence-corrected chi connectivity index (χ3v) is 2.82. The van der Waals surface area contributed by atoms with Crippen LogP contribution in [0.25, 0.3) is 0 Å². The molecular weight excluding hydrogens is 185 g/mol. The van der Waals surface area contributed by atoms with Gasteiger partial charge in [-0.3, -0.25) is 0 Å². The summed E-state index contributed by atoms with van der Waals surface area (Å²) in [6, 6.07) is 4.57. The number of rotatable bonds is 3. The Labute approximate surface area is 82.5 Å². The average Bonchev–Trinajstić information content (AvgIpc) is 2.02. The largest absolute Gasteiger partial charge is 0.398 e. The van der Waals surface area contributed by atoms with Gasteiger partial charge in [0, 0.05) is 11.4 Å². The highest BCUT2D eigenvalue weighted by Crippen LogP contribution is 2.22. The Morgan fingerprint density at radius 2 is 2.15 bits per heavy atom. The second-order valence-corrected chi connectivity index (χ2v) is 4.77. The molecule has 0 aliphatic heterocycles. The van der Waals surface area contributed by atoms with Gasteiger partial charge in [0.25, 0.3) is 0 Å². The van der Waals surface area contributed by atoms with Gasteiger partial charge >= 0.3 is 0 Å². The van der Waals surface area contributed by atoms with Gasteiger partial charge in [-0.05, 0) is 22.9 Å². The standard InChI is InChI=1S/C10H14FNS/c1-7(2)13-6-8-3-4-9(11)5-10(8)12/h3-5,7H,6,12H2,1-2H3. The van der Waals surface area contributed by atoms with E-state index in [2.05, 4.69) is 13.8 Å². The molecule has 1 aromatic carbocycles. The normalized spacial score (nSPS) is 10.8. The quantitative estimate of drug-likeness (QED) is 0.757.